The summed E-state index contributed by atoms with van der Waals surface area (Å²) in [4.78, 5) is 11.8. The molecule has 2 rings (SSSR count). The molecule has 0 fully saturated rings. The molecule has 0 unspecified atom stereocenters. The van der Waals surface area contributed by atoms with Gasteiger partial charge in [-0.25, -0.2) is 0 Å². The summed E-state index contributed by atoms with van der Waals surface area (Å²) < 4.78 is 5.29. The predicted octanol–water partition coefficient (Wildman–Crippen LogP) is 3.68. The van der Waals surface area contributed by atoms with Crippen molar-refractivity contribution in [3.8, 4) is 0 Å². The van der Waals surface area contributed by atoms with E-state index in [0.717, 1.165) is 11.1 Å². The fraction of sp³-hybridized carbons (Fsp3) is 0.278. The first kappa shape index (κ1) is 15.1. The minimum Gasteiger partial charge on any atom is -0.461 e. The zero-order chi connectivity index (χ0) is 15.2. The van der Waals surface area contributed by atoms with E-state index < -0.39 is 0 Å². The molecular formula is C18H21NO2. The van der Waals surface area contributed by atoms with Gasteiger partial charge in [-0.1, -0.05) is 50.2 Å². The van der Waals surface area contributed by atoms with Gasteiger partial charge < -0.3 is 10.5 Å². The number of anilines is 1. The van der Waals surface area contributed by atoms with E-state index in [1.807, 2.05) is 24.3 Å². The van der Waals surface area contributed by atoms with Crippen LogP contribution in [0, 0.1) is 0 Å². The predicted molar refractivity (Wildman–Crippen MR) is 84.9 cm³/mol. The number of ether oxygens (including phenoxy) is 1. The van der Waals surface area contributed by atoms with Gasteiger partial charge in [0.2, 0.25) is 0 Å². The van der Waals surface area contributed by atoms with Crippen LogP contribution in [-0.2, 0) is 22.6 Å². The number of benzene rings is 2. The molecule has 0 spiro atoms. The smallest absolute Gasteiger partial charge is 0.310 e. The second-order valence-corrected chi connectivity index (χ2v) is 5.48. The number of nitrogen functional groups attached to an aromatic ring is 1. The van der Waals surface area contributed by atoms with Gasteiger partial charge in [-0.05, 0) is 34.7 Å². The van der Waals surface area contributed by atoms with Crippen molar-refractivity contribution in [2.24, 2.45) is 0 Å². The summed E-state index contributed by atoms with van der Waals surface area (Å²) in [6.07, 6.45) is 0.268. The average molecular weight is 283 g/mol. The van der Waals surface area contributed by atoms with Gasteiger partial charge >= 0.3 is 5.97 Å². The fourth-order valence-corrected chi connectivity index (χ4v) is 2.02. The standard InChI is InChI=1S/C18H21NO2/c1-13(2)16-7-3-15(4-8-16)12-21-18(20)11-14-5-9-17(19)10-6-14/h3-10,13H,11-12,19H2,1-2H3. The third-order valence-corrected chi connectivity index (χ3v) is 3.37. The van der Waals surface area contributed by atoms with Gasteiger partial charge in [0.05, 0.1) is 6.42 Å². The zero-order valence-corrected chi connectivity index (χ0v) is 12.5. The van der Waals surface area contributed by atoms with Crippen molar-refractivity contribution >= 4 is 11.7 Å². The van der Waals surface area contributed by atoms with Crippen LogP contribution in [0.5, 0.6) is 0 Å². The van der Waals surface area contributed by atoms with E-state index in [1.165, 1.54) is 5.56 Å². The molecule has 3 heteroatoms. The van der Waals surface area contributed by atoms with Crippen molar-refractivity contribution in [1.29, 1.82) is 0 Å². The second kappa shape index (κ2) is 6.93. The molecular weight excluding hydrogens is 262 g/mol. The molecule has 0 heterocycles. The highest BCUT2D eigenvalue weighted by atomic mass is 16.5. The Morgan fingerprint density at radius 3 is 2.14 bits per heavy atom. The molecule has 3 nitrogen and oxygen atoms in total. The minimum atomic E-state index is -0.229. The van der Waals surface area contributed by atoms with Gasteiger partial charge in [0.25, 0.3) is 0 Å². The van der Waals surface area contributed by atoms with Gasteiger partial charge in [-0.3, -0.25) is 4.79 Å². The Balaban J connectivity index is 1.84. The minimum absolute atomic E-state index is 0.229. The second-order valence-electron chi connectivity index (χ2n) is 5.48. The van der Waals surface area contributed by atoms with Gasteiger partial charge in [0.1, 0.15) is 6.61 Å². The van der Waals surface area contributed by atoms with E-state index in [4.69, 9.17) is 10.5 Å². The van der Waals surface area contributed by atoms with Crippen molar-refractivity contribution in [1.82, 2.24) is 0 Å². The van der Waals surface area contributed by atoms with E-state index in [2.05, 4.69) is 26.0 Å². The summed E-state index contributed by atoms with van der Waals surface area (Å²) in [5, 5.41) is 0. The lowest BCUT2D eigenvalue weighted by Crippen LogP contribution is -2.08. The number of nitrogens with two attached hydrogens (primary N) is 1. The Kier molecular flexibility index (Phi) is 4.99. The summed E-state index contributed by atoms with van der Waals surface area (Å²) in [6, 6.07) is 15.4. The van der Waals surface area contributed by atoms with E-state index in [1.54, 1.807) is 12.1 Å². The molecule has 0 atom stereocenters. The summed E-state index contributed by atoms with van der Waals surface area (Å²) >= 11 is 0. The van der Waals surface area contributed by atoms with Crippen LogP contribution >= 0.6 is 0 Å². The molecule has 0 bridgehead atoms. The Hall–Kier alpha value is -2.29. The third-order valence-electron chi connectivity index (χ3n) is 3.37. The molecule has 110 valence electrons. The van der Waals surface area contributed by atoms with Crippen LogP contribution in [0.4, 0.5) is 5.69 Å². The lowest BCUT2D eigenvalue weighted by molar-refractivity contribution is -0.144. The zero-order valence-electron chi connectivity index (χ0n) is 12.5. The van der Waals surface area contributed by atoms with Crippen LogP contribution in [0.15, 0.2) is 48.5 Å². The third kappa shape index (κ3) is 4.63. The molecule has 2 aromatic rings. The molecule has 0 aliphatic heterocycles. The monoisotopic (exact) mass is 283 g/mol. The largest absolute Gasteiger partial charge is 0.461 e. The lowest BCUT2D eigenvalue weighted by Gasteiger charge is -2.08. The Morgan fingerprint density at radius 1 is 1.00 bits per heavy atom. The number of carbonyl (C=O) groups is 1. The van der Waals surface area contributed by atoms with Crippen LogP contribution in [0.3, 0.4) is 0 Å². The first-order valence-corrected chi connectivity index (χ1v) is 7.13. The van der Waals surface area contributed by atoms with Gasteiger partial charge in [0, 0.05) is 5.69 Å². The Bertz CT molecular complexity index is 586. The van der Waals surface area contributed by atoms with Crippen molar-refractivity contribution in [2.75, 3.05) is 5.73 Å². The molecule has 0 saturated carbocycles. The molecule has 2 N–H and O–H groups in total. The maximum atomic E-state index is 11.8. The number of hydrogen-bond donors (Lipinski definition) is 1. The molecule has 0 saturated heterocycles. The van der Waals surface area contributed by atoms with Crippen molar-refractivity contribution in [3.05, 3.63) is 65.2 Å². The Morgan fingerprint density at radius 2 is 1.57 bits per heavy atom. The maximum absolute atomic E-state index is 11.8. The van der Waals surface area contributed by atoms with Gasteiger partial charge in [0.15, 0.2) is 0 Å². The highest BCUT2D eigenvalue weighted by molar-refractivity contribution is 5.72. The highest BCUT2D eigenvalue weighted by Crippen LogP contribution is 2.15. The van der Waals surface area contributed by atoms with E-state index >= 15 is 0 Å². The fourth-order valence-electron chi connectivity index (χ4n) is 2.02. The van der Waals surface area contributed by atoms with E-state index in [0.29, 0.717) is 18.2 Å². The van der Waals surface area contributed by atoms with Crippen molar-refractivity contribution < 1.29 is 9.53 Å². The molecule has 0 aliphatic carbocycles. The molecule has 0 aromatic heterocycles. The Labute approximate surface area is 125 Å². The number of rotatable bonds is 5. The summed E-state index contributed by atoms with van der Waals surface area (Å²) in [6.45, 7) is 4.62. The van der Waals surface area contributed by atoms with Crippen LogP contribution in [-0.4, -0.2) is 5.97 Å². The van der Waals surface area contributed by atoms with Gasteiger partial charge in [-0.2, -0.15) is 0 Å². The molecule has 0 amide bonds. The van der Waals surface area contributed by atoms with E-state index in [-0.39, 0.29) is 12.4 Å². The topological polar surface area (TPSA) is 52.3 Å². The SMILES string of the molecule is CC(C)c1ccc(COC(=O)Cc2ccc(N)cc2)cc1. The van der Waals surface area contributed by atoms with Crippen LogP contribution in [0.25, 0.3) is 0 Å². The van der Waals surface area contributed by atoms with Crippen molar-refractivity contribution in [3.63, 3.8) is 0 Å². The first-order valence-electron chi connectivity index (χ1n) is 7.13. The van der Waals surface area contributed by atoms with E-state index in [9.17, 15) is 4.79 Å². The molecule has 0 aliphatic rings. The summed E-state index contributed by atoms with van der Waals surface area (Å²) in [5.74, 6) is 0.278. The first-order chi connectivity index (χ1) is 10.0. The quantitative estimate of drug-likeness (QED) is 0.672. The van der Waals surface area contributed by atoms with Crippen LogP contribution in [0.1, 0.15) is 36.5 Å². The maximum Gasteiger partial charge on any atom is 0.310 e. The average Bonchev–Trinajstić information content (AvgIpc) is 2.48. The molecule has 2 aromatic carbocycles. The number of carbonyl (C=O) groups excluding carboxylic acids is 1. The van der Waals surface area contributed by atoms with Crippen LogP contribution < -0.4 is 5.73 Å². The van der Waals surface area contributed by atoms with Gasteiger partial charge in [-0.15, -0.1) is 0 Å². The van der Waals surface area contributed by atoms with Crippen LogP contribution in [0.2, 0.25) is 0 Å². The van der Waals surface area contributed by atoms with Crippen molar-refractivity contribution in [2.45, 2.75) is 32.8 Å². The normalized spacial score (nSPS) is 10.6. The molecule has 21 heavy (non-hydrogen) atoms. The number of esters is 1. The lowest BCUT2D eigenvalue weighted by atomic mass is 10.0. The summed E-state index contributed by atoms with van der Waals surface area (Å²) in [5.41, 5.74) is 9.50. The highest BCUT2D eigenvalue weighted by Gasteiger charge is 2.06. The number of hydrogen-bond acceptors (Lipinski definition) is 3. The summed E-state index contributed by atoms with van der Waals surface area (Å²) in [7, 11) is 0. The molecule has 0 radical (unpaired) electrons.